The van der Waals surface area contributed by atoms with E-state index in [1.165, 1.54) is 6.07 Å². The van der Waals surface area contributed by atoms with Crippen LogP contribution in [0, 0.1) is 18.7 Å². The summed E-state index contributed by atoms with van der Waals surface area (Å²) in [7, 11) is 0. The fourth-order valence-electron chi connectivity index (χ4n) is 1.21. The fraction of sp³-hybridized carbons (Fsp3) is 0.462. The number of urea groups is 1. The molecule has 1 atom stereocenters. The Hall–Kier alpha value is -1.58. The van der Waals surface area contributed by atoms with Crippen molar-refractivity contribution < 1.29 is 9.18 Å². The third kappa shape index (κ3) is 4.06. The lowest BCUT2D eigenvalue weighted by Gasteiger charge is -2.17. The van der Waals surface area contributed by atoms with Crippen molar-refractivity contribution in [1.82, 2.24) is 5.32 Å². The maximum Gasteiger partial charge on any atom is 0.319 e. The van der Waals surface area contributed by atoms with Crippen molar-refractivity contribution in [3.8, 4) is 0 Å². The zero-order valence-electron chi connectivity index (χ0n) is 10.7. The number of anilines is 1. The number of carbonyl (C=O) groups excluding carboxylic acids is 1. The number of hydrogen-bond acceptors (Lipinski definition) is 1. The van der Waals surface area contributed by atoms with Crippen molar-refractivity contribution >= 4 is 11.7 Å². The Bertz CT molecular complexity index is 404. The molecule has 4 heteroatoms. The van der Waals surface area contributed by atoms with E-state index in [1.807, 2.05) is 20.8 Å². The Morgan fingerprint density at radius 3 is 2.47 bits per heavy atom. The quantitative estimate of drug-likeness (QED) is 0.833. The van der Waals surface area contributed by atoms with Crippen LogP contribution < -0.4 is 10.6 Å². The summed E-state index contributed by atoms with van der Waals surface area (Å²) < 4.78 is 13.2. The number of benzene rings is 1. The Labute approximate surface area is 101 Å². The molecule has 0 aromatic heterocycles. The van der Waals surface area contributed by atoms with Gasteiger partial charge in [-0.1, -0.05) is 19.9 Å². The van der Waals surface area contributed by atoms with Gasteiger partial charge in [0.1, 0.15) is 5.82 Å². The number of nitrogens with one attached hydrogen (secondary N) is 2. The Kier molecular flexibility index (Phi) is 4.49. The third-order valence-electron chi connectivity index (χ3n) is 2.79. The number of amides is 2. The van der Waals surface area contributed by atoms with Crippen LogP contribution in [0.4, 0.5) is 14.9 Å². The van der Waals surface area contributed by atoms with E-state index < -0.39 is 0 Å². The first-order chi connectivity index (χ1) is 7.90. The van der Waals surface area contributed by atoms with Crippen LogP contribution >= 0.6 is 0 Å². The van der Waals surface area contributed by atoms with Gasteiger partial charge >= 0.3 is 6.03 Å². The second kappa shape index (κ2) is 5.66. The highest BCUT2D eigenvalue weighted by molar-refractivity contribution is 5.89. The molecule has 1 aromatic rings. The summed E-state index contributed by atoms with van der Waals surface area (Å²) in [5, 5.41) is 5.40. The maximum atomic E-state index is 13.2. The second-order valence-corrected chi connectivity index (χ2v) is 4.60. The van der Waals surface area contributed by atoms with Gasteiger partial charge in [0.25, 0.3) is 0 Å². The zero-order chi connectivity index (χ0) is 13.0. The number of rotatable bonds is 3. The first-order valence-corrected chi connectivity index (χ1v) is 5.74. The van der Waals surface area contributed by atoms with Crippen molar-refractivity contribution in [2.75, 3.05) is 5.32 Å². The minimum Gasteiger partial charge on any atom is -0.335 e. The molecule has 0 heterocycles. The van der Waals surface area contributed by atoms with Crippen LogP contribution in [0.1, 0.15) is 26.3 Å². The Morgan fingerprint density at radius 2 is 1.94 bits per heavy atom. The summed E-state index contributed by atoms with van der Waals surface area (Å²) >= 11 is 0. The van der Waals surface area contributed by atoms with E-state index >= 15 is 0 Å². The average Bonchev–Trinajstić information content (AvgIpc) is 2.23. The van der Waals surface area contributed by atoms with Crippen LogP contribution in [-0.2, 0) is 0 Å². The molecule has 0 aliphatic carbocycles. The molecule has 0 saturated carbocycles. The molecule has 0 bridgehead atoms. The van der Waals surface area contributed by atoms with E-state index in [4.69, 9.17) is 0 Å². The maximum absolute atomic E-state index is 13.2. The predicted octanol–water partition coefficient (Wildman–Crippen LogP) is 3.30. The molecule has 2 amide bonds. The minimum absolute atomic E-state index is 0.0743. The van der Waals surface area contributed by atoms with Gasteiger partial charge in [0.15, 0.2) is 0 Å². The van der Waals surface area contributed by atoms with Gasteiger partial charge in [-0.05, 0) is 37.5 Å². The highest BCUT2D eigenvalue weighted by Gasteiger charge is 2.10. The predicted molar refractivity (Wildman–Crippen MR) is 67.6 cm³/mol. The molecule has 2 N–H and O–H groups in total. The highest BCUT2D eigenvalue weighted by Crippen LogP contribution is 2.13. The lowest BCUT2D eigenvalue weighted by Crippen LogP contribution is -2.39. The van der Waals surface area contributed by atoms with Crippen molar-refractivity contribution in [3.63, 3.8) is 0 Å². The van der Waals surface area contributed by atoms with E-state index in [1.54, 1.807) is 19.1 Å². The standard InChI is InChI=1S/C13H19FN2O/c1-8(2)10(4)15-13(17)16-11-6-5-9(3)12(14)7-11/h5-8,10H,1-4H3,(H2,15,16,17)/t10-/m1/s1. The Balaban J connectivity index is 2.59. The highest BCUT2D eigenvalue weighted by atomic mass is 19.1. The first-order valence-electron chi connectivity index (χ1n) is 5.74. The van der Waals surface area contributed by atoms with Crippen molar-refractivity contribution in [2.45, 2.75) is 33.7 Å². The van der Waals surface area contributed by atoms with Crippen LogP contribution in [-0.4, -0.2) is 12.1 Å². The normalized spacial score (nSPS) is 12.4. The van der Waals surface area contributed by atoms with E-state index in [-0.39, 0.29) is 17.9 Å². The van der Waals surface area contributed by atoms with Crippen LogP contribution in [0.3, 0.4) is 0 Å². The van der Waals surface area contributed by atoms with Gasteiger partial charge < -0.3 is 10.6 Å². The molecule has 17 heavy (non-hydrogen) atoms. The first kappa shape index (κ1) is 13.5. The van der Waals surface area contributed by atoms with Gasteiger partial charge in [0, 0.05) is 11.7 Å². The lowest BCUT2D eigenvalue weighted by atomic mass is 10.1. The average molecular weight is 238 g/mol. The van der Waals surface area contributed by atoms with Gasteiger partial charge in [-0.2, -0.15) is 0 Å². The SMILES string of the molecule is Cc1ccc(NC(=O)N[C@H](C)C(C)C)cc1F. The van der Waals surface area contributed by atoms with Crippen molar-refractivity contribution in [2.24, 2.45) is 5.92 Å². The number of halogens is 1. The van der Waals surface area contributed by atoms with Gasteiger partial charge in [0.2, 0.25) is 0 Å². The topological polar surface area (TPSA) is 41.1 Å². The molecule has 0 aliphatic heterocycles. The van der Waals surface area contributed by atoms with E-state index in [2.05, 4.69) is 10.6 Å². The molecule has 0 spiro atoms. The van der Waals surface area contributed by atoms with Crippen LogP contribution in [0.15, 0.2) is 18.2 Å². The molecular weight excluding hydrogens is 219 g/mol. The number of carbonyl (C=O) groups is 1. The summed E-state index contributed by atoms with van der Waals surface area (Å²) in [6.07, 6.45) is 0. The lowest BCUT2D eigenvalue weighted by molar-refractivity contribution is 0.246. The molecule has 0 aliphatic rings. The monoisotopic (exact) mass is 238 g/mol. The van der Waals surface area contributed by atoms with Gasteiger partial charge in [-0.15, -0.1) is 0 Å². The number of hydrogen-bond donors (Lipinski definition) is 2. The molecule has 1 rings (SSSR count). The minimum atomic E-state index is -0.320. The molecule has 0 saturated heterocycles. The van der Waals surface area contributed by atoms with Gasteiger partial charge in [-0.3, -0.25) is 0 Å². The molecule has 0 fully saturated rings. The van der Waals surface area contributed by atoms with Crippen LogP contribution in [0.5, 0.6) is 0 Å². The summed E-state index contributed by atoms with van der Waals surface area (Å²) in [6, 6.07) is 4.39. The smallest absolute Gasteiger partial charge is 0.319 e. The molecule has 3 nitrogen and oxygen atoms in total. The van der Waals surface area contributed by atoms with Crippen LogP contribution in [0.25, 0.3) is 0 Å². The van der Waals surface area contributed by atoms with Crippen molar-refractivity contribution in [1.29, 1.82) is 0 Å². The van der Waals surface area contributed by atoms with Crippen molar-refractivity contribution in [3.05, 3.63) is 29.6 Å². The molecule has 94 valence electrons. The van der Waals surface area contributed by atoms with Crippen LogP contribution in [0.2, 0.25) is 0 Å². The molecular formula is C13H19FN2O. The van der Waals surface area contributed by atoms with E-state index in [0.717, 1.165) is 0 Å². The molecule has 0 radical (unpaired) electrons. The fourth-order valence-corrected chi connectivity index (χ4v) is 1.21. The van der Waals surface area contributed by atoms with E-state index in [9.17, 15) is 9.18 Å². The second-order valence-electron chi connectivity index (χ2n) is 4.60. The Morgan fingerprint density at radius 1 is 1.29 bits per heavy atom. The molecule has 1 aromatic carbocycles. The summed E-state index contributed by atoms with van der Waals surface area (Å²) in [5.74, 6) is 0.0372. The van der Waals surface area contributed by atoms with Gasteiger partial charge in [-0.25, -0.2) is 9.18 Å². The van der Waals surface area contributed by atoms with Gasteiger partial charge in [0.05, 0.1) is 0 Å². The summed E-state index contributed by atoms with van der Waals surface area (Å²) in [4.78, 5) is 11.6. The molecule has 0 unspecified atom stereocenters. The summed E-state index contributed by atoms with van der Waals surface area (Å²) in [5.41, 5.74) is 1.02. The van der Waals surface area contributed by atoms with E-state index in [0.29, 0.717) is 17.2 Å². The third-order valence-corrected chi connectivity index (χ3v) is 2.79. The zero-order valence-corrected chi connectivity index (χ0v) is 10.7. The number of aryl methyl sites for hydroxylation is 1. The summed E-state index contributed by atoms with van der Waals surface area (Å²) in [6.45, 7) is 7.66. The largest absolute Gasteiger partial charge is 0.335 e.